The Morgan fingerprint density at radius 1 is 1.36 bits per heavy atom. The molecule has 0 aliphatic carbocycles. The van der Waals surface area contributed by atoms with Gasteiger partial charge in [0.15, 0.2) is 11.9 Å². The van der Waals surface area contributed by atoms with Crippen LogP contribution in [0.5, 0.6) is 5.75 Å². The first kappa shape index (κ1) is 18.9. The summed E-state index contributed by atoms with van der Waals surface area (Å²) in [5, 5.41) is 0. The second-order valence-corrected chi connectivity index (χ2v) is 5.90. The van der Waals surface area contributed by atoms with Crippen LogP contribution >= 0.6 is 0 Å². The van der Waals surface area contributed by atoms with Crippen molar-refractivity contribution in [1.82, 2.24) is 0 Å². The molecule has 0 bridgehead atoms. The van der Waals surface area contributed by atoms with Crippen LogP contribution in [0.3, 0.4) is 0 Å². The highest BCUT2D eigenvalue weighted by Crippen LogP contribution is 2.35. The number of benzene rings is 1. The summed E-state index contributed by atoms with van der Waals surface area (Å²) >= 11 is 0. The van der Waals surface area contributed by atoms with Crippen LogP contribution in [0.4, 0.5) is 5.69 Å². The molecular formula is C18H23NO6. The molecule has 7 nitrogen and oxygen atoms in total. The Balaban J connectivity index is 2.26. The Bertz CT molecular complexity index is 672. The molecular weight excluding hydrogens is 326 g/mol. The molecule has 7 heteroatoms. The fraction of sp³-hybridized carbons (Fsp3) is 0.500. The molecule has 0 spiro atoms. The van der Waals surface area contributed by atoms with Crippen molar-refractivity contribution in [2.45, 2.75) is 39.4 Å². The lowest BCUT2D eigenvalue weighted by Crippen LogP contribution is -2.47. The number of nitrogens with zero attached hydrogens (tertiary/aromatic N) is 1. The van der Waals surface area contributed by atoms with Gasteiger partial charge in [0.1, 0.15) is 18.4 Å². The van der Waals surface area contributed by atoms with Crippen molar-refractivity contribution >= 4 is 23.3 Å². The molecule has 2 rings (SSSR count). The van der Waals surface area contributed by atoms with E-state index in [1.54, 1.807) is 39.0 Å². The molecule has 0 saturated heterocycles. The monoisotopic (exact) mass is 349 g/mol. The molecule has 136 valence electrons. The predicted octanol–water partition coefficient (Wildman–Crippen LogP) is 1.97. The van der Waals surface area contributed by atoms with Gasteiger partial charge in [-0.1, -0.05) is 6.92 Å². The Morgan fingerprint density at radius 3 is 2.72 bits per heavy atom. The highest BCUT2D eigenvalue weighted by atomic mass is 16.6. The number of methoxy groups -OCH3 is 1. The van der Waals surface area contributed by atoms with Gasteiger partial charge in [0.05, 0.1) is 12.3 Å². The number of rotatable bonds is 7. The van der Waals surface area contributed by atoms with Gasteiger partial charge in [0.2, 0.25) is 0 Å². The summed E-state index contributed by atoms with van der Waals surface area (Å²) < 4.78 is 15.7. The second kappa shape index (κ2) is 8.11. The number of fused-ring (bicyclic) bond motifs is 1. The smallest absolute Gasteiger partial charge is 0.326 e. The lowest BCUT2D eigenvalue weighted by atomic mass is 10.1. The standard InChI is InChI=1S/C18H23NO6/c1-5-15(20)13-6-7-16-14(8-13)19(18(22)12(3)25-16)9-17(21)24-11(2)10-23-4/h6-8,11-12H,5,9-10H2,1-4H3. The minimum absolute atomic E-state index is 0.0508. The number of esters is 1. The molecule has 0 radical (unpaired) electrons. The average Bonchev–Trinajstić information content (AvgIpc) is 2.58. The SMILES string of the molecule is CCC(=O)c1ccc2c(c1)N(CC(=O)OC(C)COC)C(=O)C(C)O2. The minimum Gasteiger partial charge on any atom is -0.479 e. The molecule has 2 atom stereocenters. The summed E-state index contributed by atoms with van der Waals surface area (Å²) in [5.74, 6) is -0.502. The van der Waals surface area contributed by atoms with Gasteiger partial charge in [-0.3, -0.25) is 19.3 Å². The highest BCUT2D eigenvalue weighted by molar-refractivity contribution is 6.05. The van der Waals surface area contributed by atoms with E-state index in [1.165, 1.54) is 12.0 Å². The van der Waals surface area contributed by atoms with E-state index in [9.17, 15) is 14.4 Å². The van der Waals surface area contributed by atoms with E-state index >= 15 is 0 Å². The van der Waals surface area contributed by atoms with E-state index in [0.717, 1.165) is 0 Å². The summed E-state index contributed by atoms with van der Waals surface area (Å²) in [4.78, 5) is 37.9. The van der Waals surface area contributed by atoms with E-state index in [2.05, 4.69) is 0 Å². The maximum absolute atomic E-state index is 12.5. The minimum atomic E-state index is -0.718. The van der Waals surface area contributed by atoms with Crippen LogP contribution in [-0.2, 0) is 19.1 Å². The molecule has 0 fully saturated rings. The molecule has 1 heterocycles. The van der Waals surface area contributed by atoms with E-state index in [-0.39, 0.29) is 24.8 Å². The number of hydrogen-bond donors (Lipinski definition) is 0. The van der Waals surface area contributed by atoms with Gasteiger partial charge >= 0.3 is 5.97 Å². The lowest BCUT2D eigenvalue weighted by Gasteiger charge is -2.32. The molecule has 2 unspecified atom stereocenters. The van der Waals surface area contributed by atoms with E-state index < -0.39 is 18.2 Å². The van der Waals surface area contributed by atoms with Crippen molar-refractivity contribution in [2.24, 2.45) is 0 Å². The van der Waals surface area contributed by atoms with Crippen molar-refractivity contribution in [1.29, 1.82) is 0 Å². The lowest BCUT2D eigenvalue weighted by molar-refractivity contribution is -0.149. The molecule has 0 aromatic heterocycles. The number of carbonyl (C=O) groups is 3. The number of anilines is 1. The third-order valence-electron chi connectivity index (χ3n) is 3.83. The van der Waals surface area contributed by atoms with Crippen LogP contribution in [0.1, 0.15) is 37.6 Å². The van der Waals surface area contributed by atoms with Crippen LogP contribution in [0.15, 0.2) is 18.2 Å². The van der Waals surface area contributed by atoms with Crippen LogP contribution in [-0.4, -0.2) is 50.1 Å². The van der Waals surface area contributed by atoms with Gasteiger partial charge in [0, 0.05) is 19.1 Å². The molecule has 1 aromatic rings. The van der Waals surface area contributed by atoms with Crippen molar-refractivity contribution in [3.63, 3.8) is 0 Å². The van der Waals surface area contributed by atoms with Gasteiger partial charge in [-0.25, -0.2) is 0 Å². The highest BCUT2D eigenvalue weighted by Gasteiger charge is 2.33. The van der Waals surface area contributed by atoms with Gasteiger partial charge in [-0.15, -0.1) is 0 Å². The molecule has 1 aliphatic rings. The zero-order chi connectivity index (χ0) is 18.6. The molecule has 0 N–H and O–H groups in total. The molecule has 1 amide bonds. The Hall–Kier alpha value is -2.41. The maximum Gasteiger partial charge on any atom is 0.326 e. The van der Waals surface area contributed by atoms with Crippen LogP contribution in [0, 0.1) is 0 Å². The normalized spacial score (nSPS) is 17.5. The zero-order valence-corrected chi connectivity index (χ0v) is 14.9. The summed E-state index contributed by atoms with van der Waals surface area (Å²) in [6.45, 7) is 5.10. The maximum atomic E-state index is 12.5. The number of Topliss-reactive ketones (excluding diaryl/α,β-unsaturated/α-hetero) is 1. The molecule has 1 aliphatic heterocycles. The molecule has 1 aromatic carbocycles. The predicted molar refractivity (Wildman–Crippen MR) is 90.9 cm³/mol. The van der Waals surface area contributed by atoms with Crippen LogP contribution < -0.4 is 9.64 Å². The van der Waals surface area contributed by atoms with E-state index in [1.807, 2.05) is 0 Å². The third kappa shape index (κ3) is 4.36. The van der Waals surface area contributed by atoms with Gasteiger partial charge in [-0.2, -0.15) is 0 Å². The summed E-state index contributed by atoms with van der Waals surface area (Å²) in [7, 11) is 1.51. The van der Waals surface area contributed by atoms with Gasteiger partial charge in [-0.05, 0) is 32.0 Å². The zero-order valence-electron chi connectivity index (χ0n) is 14.9. The van der Waals surface area contributed by atoms with E-state index in [4.69, 9.17) is 14.2 Å². The largest absolute Gasteiger partial charge is 0.479 e. The number of amides is 1. The summed E-state index contributed by atoms with van der Waals surface area (Å²) in [6.07, 6.45) is -0.788. The Kier molecular flexibility index (Phi) is 6.14. The van der Waals surface area contributed by atoms with E-state index in [0.29, 0.717) is 23.4 Å². The first-order chi connectivity index (χ1) is 11.9. The fourth-order valence-corrected chi connectivity index (χ4v) is 2.61. The van der Waals surface area contributed by atoms with Crippen molar-refractivity contribution in [3.05, 3.63) is 23.8 Å². The molecule has 25 heavy (non-hydrogen) atoms. The topological polar surface area (TPSA) is 82.1 Å². The first-order valence-corrected chi connectivity index (χ1v) is 8.21. The number of ether oxygens (including phenoxy) is 3. The fourth-order valence-electron chi connectivity index (χ4n) is 2.61. The quantitative estimate of drug-likeness (QED) is 0.553. The van der Waals surface area contributed by atoms with Gasteiger partial charge < -0.3 is 14.2 Å². The average molecular weight is 349 g/mol. The number of ketones is 1. The van der Waals surface area contributed by atoms with Crippen molar-refractivity contribution in [2.75, 3.05) is 25.2 Å². The number of hydrogen-bond acceptors (Lipinski definition) is 6. The van der Waals surface area contributed by atoms with Gasteiger partial charge in [0.25, 0.3) is 5.91 Å². The summed E-state index contributed by atoms with van der Waals surface area (Å²) in [6, 6.07) is 4.88. The van der Waals surface area contributed by atoms with Crippen LogP contribution in [0.2, 0.25) is 0 Å². The first-order valence-electron chi connectivity index (χ1n) is 8.21. The second-order valence-electron chi connectivity index (χ2n) is 5.90. The van der Waals surface area contributed by atoms with Crippen molar-refractivity contribution < 1.29 is 28.6 Å². The Morgan fingerprint density at radius 2 is 2.08 bits per heavy atom. The third-order valence-corrected chi connectivity index (χ3v) is 3.83. The number of carbonyl (C=O) groups excluding carboxylic acids is 3. The summed E-state index contributed by atoms with van der Waals surface area (Å²) in [5.41, 5.74) is 0.872. The Labute approximate surface area is 146 Å². The molecule has 0 saturated carbocycles. The van der Waals surface area contributed by atoms with Crippen LogP contribution in [0.25, 0.3) is 0 Å². The van der Waals surface area contributed by atoms with Crippen molar-refractivity contribution in [3.8, 4) is 5.75 Å².